The molecule has 94 valence electrons. The fraction of sp³-hybridized carbons (Fsp3) is 0.462. The van der Waals surface area contributed by atoms with Gasteiger partial charge in [-0.2, -0.15) is 4.98 Å². The molecule has 0 amide bonds. The zero-order chi connectivity index (χ0) is 12.5. The monoisotopic (exact) mass is 244 g/mol. The van der Waals surface area contributed by atoms with Crippen molar-refractivity contribution < 1.29 is 4.52 Å². The van der Waals surface area contributed by atoms with Gasteiger partial charge in [-0.3, -0.25) is 4.98 Å². The molecule has 1 aliphatic carbocycles. The van der Waals surface area contributed by atoms with E-state index in [0.717, 1.165) is 17.7 Å². The summed E-state index contributed by atoms with van der Waals surface area (Å²) in [5.74, 6) is 1.71. The van der Waals surface area contributed by atoms with E-state index in [0.29, 0.717) is 17.6 Å². The molecule has 2 aromatic heterocycles. The standard InChI is InChI=1S/C13H16N4O/c1-2-10(14)13-16-12(17-18-13)9-5-6-15-11(7-9)8-3-4-8/h5-8,10H,2-4,14H2,1H3/t10-/m1/s1. The van der Waals surface area contributed by atoms with Crippen molar-refractivity contribution >= 4 is 0 Å². The second kappa shape index (κ2) is 4.49. The highest BCUT2D eigenvalue weighted by Crippen LogP contribution is 2.39. The number of hydrogen-bond donors (Lipinski definition) is 1. The Morgan fingerprint density at radius 2 is 2.33 bits per heavy atom. The lowest BCUT2D eigenvalue weighted by Crippen LogP contribution is -2.08. The third-order valence-electron chi connectivity index (χ3n) is 3.23. The largest absolute Gasteiger partial charge is 0.337 e. The molecule has 0 spiro atoms. The molecule has 1 atom stereocenters. The molecular formula is C13H16N4O. The lowest BCUT2D eigenvalue weighted by Gasteiger charge is -2.00. The van der Waals surface area contributed by atoms with Crippen LogP contribution in [0.2, 0.25) is 0 Å². The molecule has 5 nitrogen and oxygen atoms in total. The highest BCUT2D eigenvalue weighted by Gasteiger charge is 2.25. The number of hydrogen-bond acceptors (Lipinski definition) is 5. The van der Waals surface area contributed by atoms with Crippen LogP contribution < -0.4 is 5.73 Å². The van der Waals surface area contributed by atoms with Crippen molar-refractivity contribution in [2.24, 2.45) is 5.73 Å². The molecule has 18 heavy (non-hydrogen) atoms. The SMILES string of the molecule is CC[C@@H](N)c1nc(-c2ccnc(C3CC3)c2)no1. The number of aromatic nitrogens is 3. The summed E-state index contributed by atoms with van der Waals surface area (Å²) in [4.78, 5) is 8.72. The molecule has 2 N–H and O–H groups in total. The summed E-state index contributed by atoms with van der Waals surface area (Å²) in [6.07, 6.45) is 5.05. The maximum Gasteiger partial charge on any atom is 0.243 e. The Labute approximate surface area is 105 Å². The Morgan fingerprint density at radius 1 is 1.50 bits per heavy atom. The second-order valence-corrected chi connectivity index (χ2v) is 4.71. The summed E-state index contributed by atoms with van der Waals surface area (Å²) in [6.45, 7) is 1.99. The minimum absolute atomic E-state index is 0.184. The molecule has 0 radical (unpaired) electrons. The third-order valence-corrected chi connectivity index (χ3v) is 3.23. The Bertz CT molecular complexity index is 547. The Hall–Kier alpha value is -1.75. The Morgan fingerprint density at radius 3 is 3.06 bits per heavy atom. The van der Waals surface area contributed by atoms with Gasteiger partial charge < -0.3 is 10.3 Å². The van der Waals surface area contributed by atoms with E-state index in [1.165, 1.54) is 12.8 Å². The number of pyridine rings is 1. The smallest absolute Gasteiger partial charge is 0.243 e. The average molecular weight is 244 g/mol. The van der Waals surface area contributed by atoms with Gasteiger partial charge in [0.15, 0.2) is 0 Å². The van der Waals surface area contributed by atoms with Crippen molar-refractivity contribution in [3.63, 3.8) is 0 Å². The van der Waals surface area contributed by atoms with Gasteiger partial charge in [0.1, 0.15) is 0 Å². The first-order chi connectivity index (χ1) is 8.78. The van der Waals surface area contributed by atoms with Gasteiger partial charge in [0.25, 0.3) is 0 Å². The summed E-state index contributed by atoms with van der Waals surface area (Å²) >= 11 is 0. The van der Waals surface area contributed by atoms with Gasteiger partial charge in [-0.15, -0.1) is 0 Å². The lowest BCUT2D eigenvalue weighted by molar-refractivity contribution is 0.352. The summed E-state index contributed by atoms with van der Waals surface area (Å²) < 4.78 is 5.18. The van der Waals surface area contributed by atoms with Crippen LogP contribution in [0.4, 0.5) is 0 Å². The molecule has 0 saturated heterocycles. The summed E-state index contributed by atoms with van der Waals surface area (Å²) in [6, 6.07) is 3.76. The molecule has 0 unspecified atom stereocenters. The molecule has 0 aliphatic heterocycles. The molecule has 2 aromatic rings. The molecule has 0 bridgehead atoms. The van der Waals surface area contributed by atoms with E-state index in [-0.39, 0.29) is 6.04 Å². The van der Waals surface area contributed by atoms with Gasteiger partial charge >= 0.3 is 0 Å². The van der Waals surface area contributed by atoms with Crippen molar-refractivity contribution in [2.45, 2.75) is 38.1 Å². The van der Waals surface area contributed by atoms with Crippen LogP contribution in [0, 0.1) is 0 Å². The number of rotatable bonds is 4. The first-order valence-corrected chi connectivity index (χ1v) is 6.33. The fourth-order valence-electron chi connectivity index (χ4n) is 1.87. The first-order valence-electron chi connectivity index (χ1n) is 6.33. The summed E-state index contributed by atoms with van der Waals surface area (Å²) in [5.41, 5.74) is 7.94. The van der Waals surface area contributed by atoms with E-state index in [2.05, 4.69) is 15.1 Å². The number of nitrogens with two attached hydrogens (primary N) is 1. The van der Waals surface area contributed by atoms with Gasteiger partial charge in [-0.25, -0.2) is 0 Å². The summed E-state index contributed by atoms with van der Waals surface area (Å²) in [5, 5.41) is 3.98. The lowest BCUT2D eigenvalue weighted by atomic mass is 10.1. The molecule has 1 saturated carbocycles. The molecule has 2 heterocycles. The van der Waals surface area contributed by atoms with Crippen molar-refractivity contribution in [1.82, 2.24) is 15.1 Å². The van der Waals surface area contributed by atoms with Gasteiger partial charge in [-0.1, -0.05) is 12.1 Å². The van der Waals surface area contributed by atoms with Crippen LogP contribution in [0.15, 0.2) is 22.9 Å². The van der Waals surface area contributed by atoms with Crippen LogP contribution in [0.3, 0.4) is 0 Å². The van der Waals surface area contributed by atoms with Gasteiger partial charge in [-0.05, 0) is 31.4 Å². The zero-order valence-electron chi connectivity index (χ0n) is 10.3. The van der Waals surface area contributed by atoms with Crippen LogP contribution in [-0.4, -0.2) is 15.1 Å². The molecule has 3 rings (SSSR count). The quantitative estimate of drug-likeness (QED) is 0.893. The van der Waals surface area contributed by atoms with Crippen molar-refractivity contribution in [3.8, 4) is 11.4 Å². The van der Waals surface area contributed by atoms with E-state index in [9.17, 15) is 0 Å². The van der Waals surface area contributed by atoms with Gasteiger partial charge in [0.05, 0.1) is 6.04 Å². The third kappa shape index (κ3) is 2.13. The van der Waals surface area contributed by atoms with Crippen LogP contribution >= 0.6 is 0 Å². The first kappa shape index (κ1) is 11.3. The fourth-order valence-corrected chi connectivity index (χ4v) is 1.87. The van der Waals surface area contributed by atoms with E-state index in [1.54, 1.807) is 6.20 Å². The topological polar surface area (TPSA) is 77.8 Å². The molecule has 5 heteroatoms. The van der Waals surface area contributed by atoms with E-state index in [1.807, 2.05) is 19.1 Å². The molecule has 0 aromatic carbocycles. The molecular weight excluding hydrogens is 228 g/mol. The maximum absolute atomic E-state index is 5.87. The Kier molecular flexibility index (Phi) is 2.83. The zero-order valence-corrected chi connectivity index (χ0v) is 10.3. The average Bonchev–Trinajstić information content (AvgIpc) is 3.15. The second-order valence-electron chi connectivity index (χ2n) is 4.71. The van der Waals surface area contributed by atoms with Crippen molar-refractivity contribution in [1.29, 1.82) is 0 Å². The molecule has 1 aliphatic rings. The highest BCUT2D eigenvalue weighted by atomic mass is 16.5. The number of nitrogens with zero attached hydrogens (tertiary/aromatic N) is 3. The van der Waals surface area contributed by atoms with E-state index < -0.39 is 0 Å². The van der Waals surface area contributed by atoms with E-state index >= 15 is 0 Å². The van der Waals surface area contributed by atoms with Crippen molar-refractivity contribution in [3.05, 3.63) is 29.9 Å². The van der Waals surface area contributed by atoms with Crippen LogP contribution in [0.5, 0.6) is 0 Å². The van der Waals surface area contributed by atoms with Crippen LogP contribution in [0.1, 0.15) is 49.7 Å². The van der Waals surface area contributed by atoms with Gasteiger partial charge in [0, 0.05) is 23.4 Å². The van der Waals surface area contributed by atoms with Crippen LogP contribution in [0.25, 0.3) is 11.4 Å². The van der Waals surface area contributed by atoms with Crippen molar-refractivity contribution in [2.75, 3.05) is 0 Å². The Balaban J connectivity index is 1.89. The maximum atomic E-state index is 5.87. The predicted octanol–water partition coefficient (Wildman–Crippen LogP) is 2.42. The van der Waals surface area contributed by atoms with Crippen LogP contribution in [-0.2, 0) is 0 Å². The highest BCUT2D eigenvalue weighted by molar-refractivity contribution is 5.54. The normalized spacial score (nSPS) is 16.8. The minimum Gasteiger partial charge on any atom is -0.337 e. The van der Waals surface area contributed by atoms with E-state index in [4.69, 9.17) is 10.3 Å². The predicted molar refractivity (Wildman–Crippen MR) is 66.7 cm³/mol. The molecule has 1 fully saturated rings. The van der Waals surface area contributed by atoms with Gasteiger partial charge in [0.2, 0.25) is 11.7 Å². The summed E-state index contributed by atoms with van der Waals surface area (Å²) in [7, 11) is 0. The minimum atomic E-state index is -0.184.